The maximum atomic E-state index is 11.5. The van der Waals surface area contributed by atoms with Gasteiger partial charge in [0.2, 0.25) is 5.91 Å². The quantitative estimate of drug-likeness (QED) is 0.661. The zero-order valence-electron chi connectivity index (χ0n) is 9.67. The Morgan fingerprint density at radius 3 is 2.67 bits per heavy atom. The maximum absolute atomic E-state index is 11.5. The van der Waals surface area contributed by atoms with Crippen molar-refractivity contribution in [2.75, 3.05) is 6.61 Å². The molecule has 88 valence electrons. The Balaban J connectivity index is 2.13. The molecule has 15 heavy (non-hydrogen) atoms. The highest BCUT2D eigenvalue weighted by Crippen LogP contribution is 2.27. The molecule has 1 rings (SSSR count). The number of carbonyl (C=O) groups is 1. The number of unbranched alkanes of at least 4 members (excludes halogenated alkanes) is 1. The standard InChI is InChI=1S/C12H23NO2/c1-10(11-6-2-3-7-11)13-12(15)8-4-5-9-14/h10-11,14H,2-9H2,1H3,(H,13,15)/t10-/m0/s1. The molecule has 1 amide bonds. The zero-order chi connectivity index (χ0) is 11.1. The molecule has 3 nitrogen and oxygen atoms in total. The first kappa shape index (κ1) is 12.5. The highest BCUT2D eigenvalue weighted by Gasteiger charge is 2.22. The fourth-order valence-corrected chi connectivity index (χ4v) is 2.30. The van der Waals surface area contributed by atoms with Crippen LogP contribution in [0.25, 0.3) is 0 Å². The minimum absolute atomic E-state index is 0.142. The molecule has 0 bridgehead atoms. The Morgan fingerprint density at radius 2 is 2.07 bits per heavy atom. The minimum Gasteiger partial charge on any atom is -0.396 e. The number of hydrogen-bond donors (Lipinski definition) is 2. The number of aliphatic hydroxyl groups is 1. The van der Waals surface area contributed by atoms with Gasteiger partial charge in [-0.2, -0.15) is 0 Å². The highest BCUT2D eigenvalue weighted by molar-refractivity contribution is 5.76. The van der Waals surface area contributed by atoms with Crippen molar-refractivity contribution in [3.05, 3.63) is 0 Å². The number of hydrogen-bond acceptors (Lipinski definition) is 2. The molecule has 1 saturated carbocycles. The lowest BCUT2D eigenvalue weighted by atomic mass is 9.99. The van der Waals surface area contributed by atoms with E-state index in [1.54, 1.807) is 0 Å². The third-order valence-corrected chi connectivity index (χ3v) is 3.31. The lowest BCUT2D eigenvalue weighted by Crippen LogP contribution is -2.37. The van der Waals surface area contributed by atoms with Gasteiger partial charge in [-0.1, -0.05) is 12.8 Å². The van der Waals surface area contributed by atoms with Gasteiger partial charge < -0.3 is 10.4 Å². The average molecular weight is 213 g/mol. The summed E-state index contributed by atoms with van der Waals surface area (Å²) in [5, 5.41) is 11.7. The van der Waals surface area contributed by atoms with E-state index in [4.69, 9.17) is 5.11 Å². The number of aliphatic hydroxyl groups excluding tert-OH is 1. The summed E-state index contributed by atoms with van der Waals surface area (Å²) < 4.78 is 0. The van der Waals surface area contributed by atoms with Crippen molar-refractivity contribution in [1.82, 2.24) is 5.32 Å². The van der Waals surface area contributed by atoms with Gasteiger partial charge in [-0.3, -0.25) is 4.79 Å². The maximum Gasteiger partial charge on any atom is 0.220 e. The molecule has 3 heteroatoms. The van der Waals surface area contributed by atoms with Crippen LogP contribution in [0.3, 0.4) is 0 Å². The Hall–Kier alpha value is -0.570. The van der Waals surface area contributed by atoms with Gasteiger partial charge >= 0.3 is 0 Å². The second kappa shape index (κ2) is 6.83. The molecule has 0 aromatic carbocycles. The van der Waals surface area contributed by atoms with E-state index < -0.39 is 0 Å². The van der Waals surface area contributed by atoms with Crippen LogP contribution < -0.4 is 5.32 Å². The summed E-state index contributed by atoms with van der Waals surface area (Å²) in [7, 11) is 0. The van der Waals surface area contributed by atoms with Crippen LogP contribution in [-0.4, -0.2) is 23.7 Å². The Bertz CT molecular complexity index is 188. The first-order chi connectivity index (χ1) is 7.24. The fourth-order valence-electron chi connectivity index (χ4n) is 2.30. The Labute approximate surface area is 92.3 Å². The predicted molar refractivity (Wildman–Crippen MR) is 60.5 cm³/mol. The van der Waals surface area contributed by atoms with Crippen LogP contribution in [0, 0.1) is 5.92 Å². The molecular formula is C12H23NO2. The van der Waals surface area contributed by atoms with Gasteiger partial charge in [0, 0.05) is 19.1 Å². The van der Waals surface area contributed by atoms with Gasteiger partial charge in [0.15, 0.2) is 0 Å². The van der Waals surface area contributed by atoms with Gasteiger partial charge in [0.1, 0.15) is 0 Å². The van der Waals surface area contributed by atoms with Crippen molar-refractivity contribution < 1.29 is 9.90 Å². The van der Waals surface area contributed by atoms with E-state index in [9.17, 15) is 4.79 Å². The van der Waals surface area contributed by atoms with Crippen molar-refractivity contribution in [1.29, 1.82) is 0 Å². The molecule has 1 aliphatic carbocycles. The topological polar surface area (TPSA) is 49.3 Å². The molecular weight excluding hydrogens is 190 g/mol. The number of rotatable bonds is 6. The molecule has 1 aliphatic rings. The summed E-state index contributed by atoms with van der Waals surface area (Å²) >= 11 is 0. The van der Waals surface area contributed by atoms with Crippen LogP contribution in [-0.2, 0) is 4.79 Å². The summed E-state index contributed by atoms with van der Waals surface area (Å²) in [6, 6.07) is 0.328. The highest BCUT2D eigenvalue weighted by atomic mass is 16.2. The first-order valence-corrected chi connectivity index (χ1v) is 6.14. The predicted octanol–water partition coefficient (Wildman–Crippen LogP) is 1.84. The van der Waals surface area contributed by atoms with Gasteiger partial charge in [-0.25, -0.2) is 0 Å². The van der Waals surface area contributed by atoms with Crippen molar-refractivity contribution in [2.24, 2.45) is 5.92 Å². The third kappa shape index (κ3) is 4.65. The molecule has 0 heterocycles. The minimum atomic E-state index is 0.142. The van der Waals surface area contributed by atoms with Crippen LogP contribution in [0.2, 0.25) is 0 Å². The van der Waals surface area contributed by atoms with Crippen LogP contribution in [0.4, 0.5) is 0 Å². The van der Waals surface area contributed by atoms with E-state index in [-0.39, 0.29) is 12.5 Å². The molecule has 0 aliphatic heterocycles. The van der Waals surface area contributed by atoms with E-state index in [0.717, 1.165) is 12.8 Å². The summed E-state index contributed by atoms with van der Waals surface area (Å²) in [4.78, 5) is 11.5. The van der Waals surface area contributed by atoms with Crippen LogP contribution in [0.15, 0.2) is 0 Å². The summed E-state index contributed by atoms with van der Waals surface area (Å²) in [6.45, 7) is 2.30. The van der Waals surface area contributed by atoms with E-state index in [1.807, 2.05) is 0 Å². The molecule has 0 unspecified atom stereocenters. The van der Waals surface area contributed by atoms with Gasteiger partial charge in [0.05, 0.1) is 0 Å². The number of nitrogens with one attached hydrogen (secondary N) is 1. The third-order valence-electron chi connectivity index (χ3n) is 3.31. The Morgan fingerprint density at radius 1 is 1.40 bits per heavy atom. The molecule has 1 fully saturated rings. The summed E-state index contributed by atoms with van der Waals surface area (Å²) in [5.74, 6) is 0.828. The molecule has 0 spiro atoms. The Kier molecular flexibility index (Phi) is 5.69. The van der Waals surface area contributed by atoms with Crippen molar-refractivity contribution in [3.8, 4) is 0 Å². The molecule has 2 N–H and O–H groups in total. The van der Waals surface area contributed by atoms with Gasteiger partial charge in [-0.05, 0) is 38.5 Å². The smallest absolute Gasteiger partial charge is 0.220 e. The molecule has 0 aromatic heterocycles. The molecule has 0 radical (unpaired) electrons. The van der Waals surface area contributed by atoms with E-state index >= 15 is 0 Å². The zero-order valence-corrected chi connectivity index (χ0v) is 9.67. The van der Waals surface area contributed by atoms with Gasteiger partial charge in [0.25, 0.3) is 0 Å². The van der Waals surface area contributed by atoms with E-state index in [0.29, 0.717) is 18.4 Å². The average Bonchev–Trinajstić information content (AvgIpc) is 2.70. The molecule has 0 aromatic rings. The molecule has 0 saturated heterocycles. The van der Waals surface area contributed by atoms with Crippen LogP contribution in [0.5, 0.6) is 0 Å². The summed E-state index contributed by atoms with van der Waals surface area (Å²) in [5.41, 5.74) is 0. The molecule has 1 atom stereocenters. The largest absolute Gasteiger partial charge is 0.396 e. The number of amides is 1. The van der Waals surface area contributed by atoms with Crippen molar-refractivity contribution in [3.63, 3.8) is 0 Å². The van der Waals surface area contributed by atoms with Crippen LogP contribution in [0.1, 0.15) is 51.9 Å². The monoisotopic (exact) mass is 213 g/mol. The van der Waals surface area contributed by atoms with E-state index in [2.05, 4.69) is 12.2 Å². The second-order valence-corrected chi connectivity index (χ2v) is 4.58. The van der Waals surface area contributed by atoms with Gasteiger partial charge in [-0.15, -0.1) is 0 Å². The van der Waals surface area contributed by atoms with Crippen molar-refractivity contribution >= 4 is 5.91 Å². The van der Waals surface area contributed by atoms with Crippen LogP contribution >= 0.6 is 0 Å². The van der Waals surface area contributed by atoms with Crippen molar-refractivity contribution in [2.45, 2.75) is 57.9 Å². The number of carbonyl (C=O) groups excluding carboxylic acids is 1. The first-order valence-electron chi connectivity index (χ1n) is 6.14. The second-order valence-electron chi connectivity index (χ2n) is 4.58. The fraction of sp³-hybridized carbons (Fsp3) is 0.917. The normalized spacial score (nSPS) is 19.1. The summed E-state index contributed by atoms with van der Waals surface area (Å²) in [6.07, 6.45) is 7.23. The lowest BCUT2D eigenvalue weighted by molar-refractivity contribution is -0.122. The van der Waals surface area contributed by atoms with E-state index in [1.165, 1.54) is 25.7 Å². The SMILES string of the molecule is C[C@H](NC(=O)CCCCO)C1CCCC1. The lowest BCUT2D eigenvalue weighted by Gasteiger charge is -2.20.